The van der Waals surface area contributed by atoms with Gasteiger partial charge in [0.05, 0.1) is 7.11 Å². The molecule has 1 rings (SSSR count). The second kappa shape index (κ2) is 12.3. The van der Waals surface area contributed by atoms with Gasteiger partial charge in [-0.1, -0.05) is 58.0 Å². The van der Waals surface area contributed by atoms with E-state index >= 15 is 0 Å². The predicted molar refractivity (Wildman–Crippen MR) is 114 cm³/mol. The van der Waals surface area contributed by atoms with Crippen molar-refractivity contribution in [3.63, 3.8) is 0 Å². The molecule has 1 aromatic rings. The molecule has 0 aliphatic heterocycles. The van der Waals surface area contributed by atoms with Crippen LogP contribution in [0.4, 0.5) is 0 Å². The van der Waals surface area contributed by atoms with E-state index in [1.165, 1.54) is 7.11 Å². The number of aliphatic hydroxyl groups is 1. The molecule has 0 unspecified atom stereocenters. The highest BCUT2D eigenvalue weighted by atomic mass is 16.5. The van der Waals surface area contributed by atoms with Gasteiger partial charge in [-0.05, 0) is 23.8 Å². The van der Waals surface area contributed by atoms with Crippen molar-refractivity contribution in [2.24, 2.45) is 17.6 Å². The minimum absolute atomic E-state index is 0.213. The number of esters is 1. The Kier molecular flexibility index (Phi) is 10.5. The molecule has 0 spiro atoms. The van der Waals surface area contributed by atoms with E-state index in [4.69, 9.17) is 10.5 Å². The Bertz CT molecular complexity index is 693. The molecule has 168 valence electrons. The fourth-order valence-electron chi connectivity index (χ4n) is 3.09. The van der Waals surface area contributed by atoms with Gasteiger partial charge in [0, 0.05) is 12.5 Å². The summed E-state index contributed by atoms with van der Waals surface area (Å²) in [6.07, 6.45) is -0.712. The number of nitrogens with two attached hydrogens (primary N) is 1. The predicted octanol–water partition coefficient (Wildman–Crippen LogP) is 0.762. The van der Waals surface area contributed by atoms with Crippen LogP contribution in [0.25, 0.3) is 0 Å². The molecule has 1 aromatic carbocycles. The first-order chi connectivity index (χ1) is 14.1. The Labute approximate surface area is 178 Å². The molecule has 0 aliphatic rings. The number of carbonyl (C=O) groups is 3. The summed E-state index contributed by atoms with van der Waals surface area (Å²) in [5.41, 5.74) is 6.75. The van der Waals surface area contributed by atoms with Gasteiger partial charge in [0.1, 0.15) is 18.2 Å². The van der Waals surface area contributed by atoms with Gasteiger partial charge in [0.15, 0.2) is 0 Å². The normalized spacial score (nSPS) is 15.2. The van der Waals surface area contributed by atoms with E-state index in [1.54, 1.807) is 13.8 Å². The van der Waals surface area contributed by atoms with E-state index in [2.05, 4.69) is 10.6 Å². The number of hydrogen-bond donors (Lipinski definition) is 4. The first-order valence-corrected chi connectivity index (χ1v) is 10.2. The molecule has 4 atom stereocenters. The number of hydrogen-bond acceptors (Lipinski definition) is 6. The maximum Gasteiger partial charge on any atom is 0.328 e. The Morgan fingerprint density at radius 1 is 1.03 bits per heavy atom. The molecule has 5 N–H and O–H groups in total. The second-order valence-electron chi connectivity index (χ2n) is 8.24. The zero-order valence-corrected chi connectivity index (χ0v) is 18.4. The number of amides is 2. The summed E-state index contributed by atoms with van der Waals surface area (Å²) in [7, 11) is 1.25. The van der Waals surface area contributed by atoms with Crippen molar-refractivity contribution in [2.45, 2.75) is 64.8 Å². The highest BCUT2D eigenvalue weighted by molar-refractivity contribution is 5.92. The van der Waals surface area contributed by atoms with Crippen LogP contribution in [0, 0.1) is 11.8 Å². The first-order valence-electron chi connectivity index (χ1n) is 10.2. The van der Waals surface area contributed by atoms with Crippen molar-refractivity contribution >= 4 is 17.8 Å². The van der Waals surface area contributed by atoms with Crippen molar-refractivity contribution in [1.29, 1.82) is 0 Å². The lowest BCUT2D eigenvalue weighted by molar-refractivity contribution is -0.145. The Morgan fingerprint density at radius 2 is 1.63 bits per heavy atom. The minimum atomic E-state index is -1.43. The molecular weight excluding hydrogens is 386 g/mol. The van der Waals surface area contributed by atoms with Crippen molar-refractivity contribution in [3.8, 4) is 0 Å². The molecule has 0 heterocycles. The van der Waals surface area contributed by atoms with E-state index in [0.717, 1.165) is 5.56 Å². The Morgan fingerprint density at radius 3 is 2.13 bits per heavy atom. The van der Waals surface area contributed by atoms with Crippen molar-refractivity contribution < 1.29 is 24.2 Å². The summed E-state index contributed by atoms with van der Waals surface area (Å²) in [4.78, 5) is 37.5. The molecule has 30 heavy (non-hydrogen) atoms. The molecule has 8 heteroatoms. The van der Waals surface area contributed by atoms with Crippen molar-refractivity contribution in [2.75, 3.05) is 7.11 Å². The third-order valence-electron chi connectivity index (χ3n) is 4.75. The van der Waals surface area contributed by atoms with E-state index in [0.29, 0.717) is 6.42 Å². The van der Waals surface area contributed by atoms with Crippen LogP contribution < -0.4 is 16.4 Å². The molecule has 8 nitrogen and oxygen atoms in total. The molecule has 0 radical (unpaired) electrons. The zero-order chi connectivity index (χ0) is 22.8. The average Bonchev–Trinajstić information content (AvgIpc) is 2.69. The third-order valence-corrected chi connectivity index (χ3v) is 4.75. The molecular formula is C22H35N3O5. The zero-order valence-electron chi connectivity index (χ0n) is 18.4. The SMILES string of the molecule is COC(=O)[C@H](Cc1ccccc1)NC(=O)[C@@H](NC(=O)[C@H](O)[C@@H](N)CC(C)C)C(C)C. The fourth-order valence-corrected chi connectivity index (χ4v) is 3.09. The lowest BCUT2D eigenvalue weighted by Crippen LogP contribution is -2.57. The Hall–Kier alpha value is -2.45. The highest BCUT2D eigenvalue weighted by Crippen LogP contribution is 2.10. The van der Waals surface area contributed by atoms with Crippen LogP contribution in [-0.2, 0) is 25.5 Å². The van der Waals surface area contributed by atoms with Crippen molar-refractivity contribution in [1.82, 2.24) is 10.6 Å². The summed E-state index contributed by atoms with van der Waals surface area (Å²) in [6.45, 7) is 7.40. The number of nitrogens with one attached hydrogen (secondary N) is 2. The standard InChI is InChI=1S/C22H35N3O5/c1-13(2)11-16(23)19(26)21(28)25-18(14(3)4)20(27)24-17(22(29)30-5)12-15-9-7-6-8-10-15/h6-10,13-14,16-19,26H,11-12,23H2,1-5H3,(H,24,27)(H,25,28)/t16-,17-,18-,19+/m0/s1. The summed E-state index contributed by atoms with van der Waals surface area (Å²) in [5, 5.41) is 15.4. The van der Waals surface area contributed by atoms with Crippen LogP contribution in [-0.4, -0.2) is 54.2 Å². The van der Waals surface area contributed by atoms with Crippen LogP contribution in [0.2, 0.25) is 0 Å². The van der Waals surface area contributed by atoms with Crippen LogP contribution in [0.5, 0.6) is 0 Å². The molecule has 0 saturated heterocycles. The molecule has 0 aliphatic carbocycles. The number of aliphatic hydroxyl groups excluding tert-OH is 1. The maximum atomic E-state index is 12.9. The number of methoxy groups -OCH3 is 1. The van der Waals surface area contributed by atoms with Crippen LogP contribution >= 0.6 is 0 Å². The number of benzene rings is 1. The number of ether oxygens (including phenoxy) is 1. The summed E-state index contributed by atoms with van der Waals surface area (Å²) in [5.74, 6) is -1.90. The van der Waals surface area contributed by atoms with Gasteiger partial charge in [-0.2, -0.15) is 0 Å². The first kappa shape index (κ1) is 25.6. The summed E-state index contributed by atoms with van der Waals surface area (Å²) < 4.78 is 4.82. The molecule has 0 fully saturated rings. The summed E-state index contributed by atoms with van der Waals surface area (Å²) >= 11 is 0. The Balaban J connectivity index is 2.87. The van der Waals surface area contributed by atoms with Gasteiger partial charge in [0.2, 0.25) is 5.91 Å². The van der Waals surface area contributed by atoms with Gasteiger partial charge in [-0.25, -0.2) is 4.79 Å². The summed E-state index contributed by atoms with van der Waals surface area (Å²) in [6, 6.07) is 6.63. The van der Waals surface area contributed by atoms with Gasteiger partial charge < -0.3 is 26.2 Å². The van der Waals surface area contributed by atoms with E-state index in [9.17, 15) is 19.5 Å². The quantitative estimate of drug-likeness (QED) is 0.390. The van der Waals surface area contributed by atoms with E-state index in [1.807, 2.05) is 44.2 Å². The number of rotatable bonds is 11. The second-order valence-corrected chi connectivity index (χ2v) is 8.24. The van der Waals surface area contributed by atoms with Crippen LogP contribution in [0.3, 0.4) is 0 Å². The lowest BCUT2D eigenvalue weighted by Gasteiger charge is -2.27. The van der Waals surface area contributed by atoms with Gasteiger partial charge >= 0.3 is 5.97 Å². The van der Waals surface area contributed by atoms with Gasteiger partial charge in [-0.15, -0.1) is 0 Å². The molecule has 0 aromatic heterocycles. The molecule has 2 amide bonds. The largest absolute Gasteiger partial charge is 0.467 e. The number of carbonyl (C=O) groups excluding carboxylic acids is 3. The van der Waals surface area contributed by atoms with Gasteiger partial charge in [0.25, 0.3) is 5.91 Å². The average molecular weight is 422 g/mol. The van der Waals surface area contributed by atoms with Crippen LogP contribution in [0.15, 0.2) is 30.3 Å². The monoisotopic (exact) mass is 421 g/mol. The molecule has 0 saturated carbocycles. The van der Waals surface area contributed by atoms with Gasteiger partial charge in [-0.3, -0.25) is 9.59 Å². The smallest absolute Gasteiger partial charge is 0.328 e. The molecule has 0 bridgehead atoms. The lowest BCUT2D eigenvalue weighted by atomic mass is 9.98. The minimum Gasteiger partial charge on any atom is -0.467 e. The van der Waals surface area contributed by atoms with Crippen LogP contribution in [0.1, 0.15) is 39.7 Å². The maximum absolute atomic E-state index is 12.9. The van der Waals surface area contributed by atoms with E-state index in [-0.39, 0.29) is 18.3 Å². The highest BCUT2D eigenvalue weighted by Gasteiger charge is 2.32. The third kappa shape index (κ3) is 8.12. The fraction of sp³-hybridized carbons (Fsp3) is 0.591. The topological polar surface area (TPSA) is 131 Å². The van der Waals surface area contributed by atoms with Crippen molar-refractivity contribution in [3.05, 3.63) is 35.9 Å². The van der Waals surface area contributed by atoms with E-state index < -0.39 is 42.0 Å².